The lowest BCUT2D eigenvalue weighted by atomic mass is 10.1. The second kappa shape index (κ2) is 14.5. The fourth-order valence-electron chi connectivity index (χ4n) is 3.07. The van der Waals surface area contributed by atoms with Gasteiger partial charge in [0.05, 0.1) is 12.5 Å². The number of carboxylic acids is 1. The van der Waals surface area contributed by atoms with Crippen molar-refractivity contribution in [2.24, 2.45) is 17.2 Å². The van der Waals surface area contributed by atoms with E-state index in [0.717, 1.165) is 0 Å². The lowest BCUT2D eigenvalue weighted by Gasteiger charge is -2.23. The fraction of sp³-hybridized carbons (Fsp3) is 0.500. The van der Waals surface area contributed by atoms with Gasteiger partial charge >= 0.3 is 5.97 Å². The number of unbranched alkanes of at least 4 members (excludes halogenated alkanes) is 1. The molecular formula is C22H34N6O7. The molecule has 0 radical (unpaired) electrons. The third kappa shape index (κ3) is 10.8. The third-order valence-corrected chi connectivity index (χ3v) is 5.09. The Morgan fingerprint density at radius 1 is 0.914 bits per heavy atom. The smallest absolute Gasteiger partial charge is 0.326 e. The van der Waals surface area contributed by atoms with Crippen molar-refractivity contribution >= 4 is 29.6 Å². The number of nitrogens with two attached hydrogens (primary N) is 3. The van der Waals surface area contributed by atoms with E-state index in [1.54, 1.807) is 0 Å². The standard InChI is InChI=1S/C22H34N6O7/c1-12(19(31)28-17(22(34)35)10-13-5-7-14(29)8-6-13)26-21(33)16(11-18(25)30)27-20(32)15(24)4-2-3-9-23/h5-8,12,15-17,29H,2-4,9-11,23-24H2,1H3,(H2,25,30)(H,26,33)(H,27,32)(H,28,31)(H,34,35). The molecule has 194 valence electrons. The van der Waals surface area contributed by atoms with E-state index in [0.29, 0.717) is 31.4 Å². The van der Waals surface area contributed by atoms with Crippen LogP contribution in [0, 0.1) is 0 Å². The summed E-state index contributed by atoms with van der Waals surface area (Å²) in [5.74, 6) is -4.48. The molecule has 4 atom stereocenters. The van der Waals surface area contributed by atoms with Gasteiger partial charge in [0.15, 0.2) is 0 Å². The van der Waals surface area contributed by atoms with Gasteiger partial charge in [0, 0.05) is 6.42 Å². The van der Waals surface area contributed by atoms with Gasteiger partial charge in [-0.1, -0.05) is 18.6 Å². The Kier molecular flexibility index (Phi) is 12.2. The van der Waals surface area contributed by atoms with Crippen LogP contribution in [-0.4, -0.2) is 70.5 Å². The summed E-state index contributed by atoms with van der Waals surface area (Å²) in [5.41, 5.74) is 16.9. The Labute approximate surface area is 202 Å². The lowest BCUT2D eigenvalue weighted by molar-refractivity contribution is -0.142. The average Bonchev–Trinajstić information content (AvgIpc) is 2.78. The predicted molar refractivity (Wildman–Crippen MR) is 126 cm³/mol. The van der Waals surface area contributed by atoms with E-state index in [4.69, 9.17) is 17.2 Å². The molecular weight excluding hydrogens is 460 g/mol. The number of carbonyl (C=O) groups excluding carboxylic acids is 4. The van der Waals surface area contributed by atoms with Crippen LogP contribution < -0.4 is 33.2 Å². The SMILES string of the molecule is CC(NC(=O)C(CC(N)=O)NC(=O)C(N)CCCCN)C(=O)NC(Cc1ccc(O)cc1)C(=O)O. The van der Waals surface area contributed by atoms with E-state index in [1.165, 1.54) is 31.2 Å². The summed E-state index contributed by atoms with van der Waals surface area (Å²) in [6.07, 6.45) is 1.00. The zero-order valence-electron chi connectivity index (χ0n) is 19.5. The van der Waals surface area contributed by atoms with Crippen molar-refractivity contribution in [2.45, 2.75) is 63.2 Å². The summed E-state index contributed by atoms with van der Waals surface area (Å²) in [6.45, 7) is 1.76. The van der Waals surface area contributed by atoms with E-state index >= 15 is 0 Å². The number of hydrogen-bond acceptors (Lipinski definition) is 8. The lowest BCUT2D eigenvalue weighted by Crippen LogP contribution is -2.57. The Morgan fingerprint density at radius 2 is 1.51 bits per heavy atom. The first-order chi connectivity index (χ1) is 16.4. The van der Waals surface area contributed by atoms with Crippen molar-refractivity contribution < 1.29 is 34.2 Å². The highest BCUT2D eigenvalue weighted by Crippen LogP contribution is 2.11. The molecule has 13 heteroatoms. The molecule has 0 aliphatic rings. The number of carboxylic acid groups (broad SMARTS) is 1. The molecule has 1 aromatic carbocycles. The third-order valence-electron chi connectivity index (χ3n) is 5.09. The number of aliphatic carboxylic acids is 1. The van der Waals surface area contributed by atoms with Gasteiger partial charge in [0.2, 0.25) is 23.6 Å². The molecule has 0 saturated heterocycles. The zero-order chi connectivity index (χ0) is 26.5. The first-order valence-corrected chi connectivity index (χ1v) is 11.1. The van der Waals surface area contributed by atoms with Crippen LogP contribution in [0.5, 0.6) is 5.75 Å². The summed E-state index contributed by atoms with van der Waals surface area (Å²) in [4.78, 5) is 60.5. The number of amides is 4. The zero-order valence-corrected chi connectivity index (χ0v) is 19.5. The van der Waals surface area contributed by atoms with E-state index in [9.17, 15) is 34.2 Å². The van der Waals surface area contributed by atoms with Crippen LogP contribution in [0.3, 0.4) is 0 Å². The van der Waals surface area contributed by atoms with Crippen molar-refractivity contribution in [3.8, 4) is 5.75 Å². The Morgan fingerprint density at radius 3 is 2.06 bits per heavy atom. The molecule has 4 amide bonds. The van der Waals surface area contributed by atoms with Gasteiger partial charge in [0.25, 0.3) is 0 Å². The number of carbonyl (C=O) groups is 5. The molecule has 11 N–H and O–H groups in total. The highest BCUT2D eigenvalue weighted by atomic mass is 16.4. The minimum absolute atomic E-state index is 0.00937. The average molecular weight is 495 g/mol. The largest absolute Gasteiger partial charge is 0.508 e. The minimum atomic E-state index is -1.37. The van der Waals surface area contributed by atoms with E-state index in [-0.39, 0.29) is 12.2 Å². The van der Waals surface area contributed by atoms with Crippen LogP contribution in [-0.2, 0) is 30.4 Å². The van der Waals surface area contributed by atoms with Crippen molar-refractivity contribution in [1.29, 1.82) is 0 Å². The summed E-state index contributed by atoms with van der Waals surface area (Å²) < 4.78 is 0. The molecule has 35 heavy (non-hydrogen) atoms. The van der Waals surface area contributed by atoms with Crippen molar-refractivity contribution in [3.63, 3.8) is 0 Å². The second-order valence-electron chi connectivity index (χ2n) is 8.12. The number of benzene rings is 1. The van der Waals surface area contributed by atoms with Crippen molar-refractivity contribution in [3.05, 3.63) is 29.8 Å². The normalized spacial score (nSPS) is 14.1. The van der Waals surface area contributed by atoms with Gasteiger partial charge in [-0.25, -0.2) is 4.79 Å². The molecule has 0 spiro atoms. The van der Waals surface area contributed by atoms with Gasteiger partial charge in [-0.05, 0) is 44.0 Å². The first-order valence-electron chi connectivity index (χ1n) is 11.1. The summed E-state index contributed by atoms with van der Waals surface area (Å²) in [7, 11) is 0. The molecule has 0 aliphatic heterocycles. The molecule has 0 saturated carbocycles. The number of rotatable bonds is 15. The first kappa shape index (κ1) is 29.3. The van der Waals surface area contributed by atoms with Crippen LogP contribution in [0.25, 0.3) is 0 Å². The molecule has 1 rings (SSSR count). The van der Waals surface area contributed by atoms with Gasteiger partial charge in [0.1, 0.15) is 23.9 Å². The molecule has 0 aliphatic carbocycles. The van der Waals surface area contributed by atoms with E-state index < -0.39 is 60.2 Å². The molecule has 0 heterocycles. The number of primary amides is 1. The topological polar surface area (TPSA) is 240 Å². The highest BCUT2D eigenvalue weighted by Gasteiger charge is 2.29. The quantitative estimate of drug-likeness (QED) is 0.123. The van der Waals surface area contributed by atoms with Crippen LogP contribution in [0.4, 0.5) is 0 Å². The number of phenolic OH excluding ortho intramolecular Hbond substituents is 1. The number of nitrogens with one attached hydrogen (secondary N) is 3. The summed E-state index contributed by atoms with van der Waals surface area (Å²) in [6, 6.07) is 0.992. The molecule has 4 unspecified atom stereocenters. The van der Waals surface area contributed by atoms with Crippen LogP contribution in [0.2, 0.25) is 0 Å². The Balaban J connectivity index is 2.76. The van der Waals surface area contributed by atoms with Crippen LogP contribution >= 0.6 is 0 Å². The molecule has 1 aromatic rings. The van der Waals surface area contributed by atoms with Gasteiger partial charge in [-0.15, -0.1) is 0 Å². The highest BCUT2D eigenvalue weighted by molar-refractivity contribution is 5.96. The van der Waals surface area contributed by atoms with Gasteiger partial charge in [-0.2, -0.15) is 0 Å². The van der Waals surface area contributed by atoms with Gasteiger partial charge in [-0.3, -0.25) is 19.2 Å². The number of hydrogen-bond donors (Lipinski definition) is 8. The Bertz CT molecular complexity index is 893. The number of phenols is 1. The summed E-state index contributed by atoms with van der Waals surface area (Å²) >= 11 is 0. The van der Waals surface area contributed by atoms with E-state index in [2.05, 4.69) is 16.0 Å². The van der Waals surface area contributed by atoms with E-state index in [1.807, 2.05) is 0 Å². The molecule has 0 aromatic heterocycles. The maximum atomic E-state index is 12.6. The maximum Gasteiger partial charge on any atom is 0.326 e. The monoisotopic (exact) mass is 494 g/mol. The maximum absolute atomic E-state index is 12.6. The second-order valence-corrected chi connectivity index (χ2v) is 8.12. The minimum Gasteiger partial charge on any atom is -0.508 e. The molecule has 0 fully saturated rings. The Hall–Kier alpha value is -3.71. The van der Waals surface area contributed by atoms with Gasteiger partial charge < -0.3 is 43.4 Å². The van der Waals surface area contributed by atoms with Crippen LogP contribution in [0.15, 0.2) is 24.3 Å². The predicted octanol–water partition coefficient (Wildman–Crippen LogP) is -2.17. The van der Waals surface area contributed by atoms with Crippen LogP contribution in [0.1, 0.15) is 38.2 Å². The fourth-order valence-corrected chi connectivity index (χ4v) is 3.07. The van der Waals surface area contributed by atoms with Crippen molar-refractivity contribution in [2.75, 3.05) is 6.54 Å². The molecule has 13 nitrogen and oxygen atoms in total. The summed E-state index contributed by atoms with van der Waals surface area (Å²) in [5, 5.41) is 25.8. The molecule has 0 bridgehead atoms. The number of aromatic hydroxyl groups is 1. The van der Waals surface area contributed by atoms with Crippen molar-refractivity contribution in [1.82, 2.24) is 16.0 Å².